The number of ketones is 1. The van der Waals surface area contributed by atoms with E-state index in [1.54, 1.807) is 0 Å². The van der Waals surface area contributed by atoms with Crippen LogP contribution in [0.5, 0.6) is 0 Å². The Morgan fingerprint density at radius 3 is 1.72 bits per heavy atom. The molecular weight excluding hydrogens is 252 g/mol. The zero-order chi connectivity index (χ0) is 14.3. The molecule has 0 aromatic carbocycles. The van der Waals surface area contributed by atoms with Crippen molar-refractivity contribution in [3.8, 4) is 0 Å². The first-order valence-electron chi connectivity index (χ1n) is 5.11. The van der Waals surface area contributed by atoms with Crippen molar-refractivity contribution in [3.05, 3.63) is 0 Å². The van der Waals surface area contributed by atoms with Crippen LogP contribution in [0.4, 0.5) is 0 Å². The molecule has 5 atom stereocenters. The van der Waals surface area contributed by atoms with Gasteiger partial charge in [-0.05, 0) is 0 Å². The smallest absolute Gasteiger partial charge is 0.184 e. The molecule has 1 heterocycles. The molecule has 0 radical (unpaired) electrons. The largest absolute Gasteiger partial charge is 0.394 e. The molecule has 0 aromatic rings. The molecule has 108 valence electrons. The molecule has 1 unspecified atom stereocenters. The maximum Gasteiger partial charge on any atom is 0.184 e. The maximum atomic E-state index is 9.68. The summed E-state index contributed by atoms with van der Waals surface area (Å²) < 4.78 is 4.58. The third-order valence-corrected chi connectivity index (χ3v) is 2.22. The van der Waals surface area contributed by atoms with Crippen molar-refractivity contribution in [1.82, 2.24) is 0 Å². The van der Waals surface area contributed by atoms with Gasteiger partial charge in [0.1, 0.15) is 37.6 Å². The predicted molar refractivity (Wildman–Crippen MR) is 55.2 cm³/mol. The Bertz CT molecular complexity index is 235. The standard InChI is InChI=1S/C6H12O6.C3H6O3/c7-1-2-3(8)4(9)5(10)6(11)12-2;4-1-3(6)2-5/h2-11H,1H2;4-5H,1-2H2/t2-,3+,4-,5+,6?;/m1./s1. The van der Waals surface area contributed by atoms with E-state index in [2.05, 4.69) is 4.74 Å². The average molecular weight is 270 g/mol. The van der Waals surface area contributed by atoms with E-state index in [0.717, 1.165) is 0 Å². The van der Waals surface area contributed by atoms with E-state index in [0.29, 0.717) is 0 Å². The Kier molecular flexibility index (Phi) is 8.15. The second-order valence-corrected chi connectivity index (χ2v) is 3.57. The van der Waals surface area contributed by atoms with E-state index in [9.17, 15) is 4.79 Å². The lowest BCUT2D eigenvalue weighted by atomic mass is 10.00. The summed E-state index contributed by atoms with van der Waals surface area (Å²) in [5.41, 5.74) is 0. The molecule has 0 saturated carbocycles. The summed E-state index contributed by atoms with van der Waals surface area (Å²) in [5.74, 6) is -0.546. The van der Waals surface area contributed by atoms with Crippen LogP contribution >= 0.6 is 0 Å². The van der Waals surface area contributed by atoms with Crippen molar-refractivity contribution in [2.75, 3.05) is 19.8 Å². The van der Waals surface area contributed by atoms with Gasteiger partial charge in [0.25, 0.3) is 0 Å². The highest BCUT2D eigenvalue weighted by molar-refractivity contribution is 5.80. The lowest BCUT2D eigenvalue weighted by Gasteiger charge is -2.37. The highest BCUT2D eigenvalue weighted by Crippen LogP contribution is 2.18. The molecule has 0 spiro atoms. The van der Waals surface area contributed by atoms with Crippen molar-refractivity contribution in [2.45, 2.75) is 30.7 Å². The zero-order valence-electron chi connectivity index (χ0n) is 9.46. The maximum absolute atomic E-state index is 9.68. The summed E-state index contributed by atoms with van der Waals surface area (Å²) in [5, 5.41) is 60.3. The number of carbonyl (C=O) groups is 1. The van der Waals surface area contributed by atoms with E-state index in [-0.39, 0.29) is 0 Å². The van der Waals surface area contributed by atoms with Crippen LogP contribution in [0.25, 0.3) is 0 Å². The molecule has 0 aliphatic carbocycles. The van der Waals surface area contributed by atoms with Gasteiger partial charge in [-0.25, -0.2) is 0 Å². The minimum atomic E-state index is -1.57. The van der Waals surface area contributed by atoms with Crippen LogP contribution in [-0.2, 0) is 9.53 Å². The summed E-state index contributed by atoms with van der Waals surface area (Å²) in [6.45, 7) is -1.64. The van der Waals surface area contributed by atoms with E-state index in [1.807, 2.05) is 0 Å². The van der Waals surface area contributed by atoms with Crippen molar-refractivity contribution in [1.29, 1.82) is 0 Å². The first-order chi connectivity index (χ1) is 8.38. The van der Waals surface area contributed by atoms with E-state index in [4.69, 9.17) is 35.7 Å². The van der Waals surface area contributed by atoms with Crippen molar-refractivity contribution in [3.63, 3.8) is 0 Å². The highest BCUT2D eigenvalue weighted by Gasteiger charge is 2.42. The van der Waals surface area contributed by atoms with E-state index in [1.165, 1.54) is 0 Å². The average Bonchev–Trinajstić information content (AvgIpc) is 2.40. The molecule has 0 aromatic heterocycles. The van der Waals surface area contributed by atoms with Gasteiger partial charge >= 0.3 is 0 Å². The van der Waals surface area contributed by atoms with E-state index >= 15 is 0 Å². The quantitative estimate of drug-likeness (QED) is 0.266. The van der Waals surface area contributed by atoms with Gasteiger partial charge in [0.05, 0.1) is 6.61 Å². The SMILES string of the molecule is O=C(CO)CO.OC[C@H]1OC(O)[C@@H](O)[C@H](O)[C@H]1O. The fourth-order valence-corrected chi connectivity index (χ4v) is 1.13. The number of rotatable bonds is 3. The number of hydrogen-bond donors (Lipinski definition) is 7. The molecule has 9 heteroatoms. The lowest BCUT2D eigenvalue weighted by molar-refractivity contribution is -0.286. The number of aliphatic hydroxyl groups is 7. The Balaban J connectivity index is 0.000000411. The van der Waals surface area contributed by atoms with Crippen LogP contribution < -0.4 is 0 Å². The van der Waals surface area contributed by atoms with Gasteiger partial charge in [0.2, 0.25) is 0 Å². The second-order valence-electron chi connectivity index (χ2n) is 3.57. The van der Waals surface area contributed by atoms with E-state index < -0.39 is 56.3 Å². The molecule has 1 fully saturated rings. The van der Waals surface area contributed by atoms with Crippen LogP contribution in [0, 0.1) is 0 Å². The highest BCUT2D eigenvalue weighted by atomic mass is 16.6. The number of carbonyl (C=O) groups excluding carboxylic acids is 1. The molecule has 1 saturated heterocycles. The summed E-state index contributed by atoms with van der Waals surface area (Å²) in [6, 6.07) is 0. The first kappa shape index (κ1) is 17.4. The van der Waals surface area contributed by atoms with Crippen molar-refractivity contribution >= 4 is 5.78 Å². The van der Waals surface area contributed by atoms with Gasteiger partial charge in [-0.15, -0.1) is 0 Å². The summed E-state index contributed by atoms with van der Waals surface area (Å²) >= 11 is 0. The second kappa shape index (κ2) is 8.45. The monoisotopic (exact) mass is 270 g/mol. The Morgan fingerprint density at radius 2 is 1.39 bits per heavy atom. The van der Waals surface area contributed by atoms with Gasteiger partial charge in [-0.1, -0.05) is 0 Å². The molecule has 9 nitrogen and oxygen atoms in total. The topological polar surface area (TPSA) is 168 Å². The third kappa shape index (κ3) is 4.92. The van der Waals surface area contributed by atoms with Gasteiger partial charge in [0, 0.05) is 0 Å². The summed E-state index contributed by atoms with van der Waals surface area (Å²) in [6.07, 6.45) is -7.04. The molecule has 1 aliphatic rings. The van der Waals surface area contributed by atoms with Gasteiger partial charge in [0.15, 0.2) is 12.1 Å². The minimum absolute atomic E-state index is 0.526. The zero-order valence-corrected chi connectivity index (χ0v) is 9.46. The molecule has 1 rings (SSSR count). The fraction of sp³-hybridized carbons (Fsp3) is 0.889. The first-order valence-corrected chi connectivity index (χ1v) is 5.11. The Hall–Kier alpha value is -0.650. The molecule has 18 heavy (non-hydrogen) atoms. The number of Topliss-reactive ketones (excluding diaryl/α,β-unsaturated/α-hetero) is 1. The number of hydrogen-bond acceptors (Lipinski definition) is 9. The molecule has 1 aliphatic heterocycles. The number of aliphatic hydroxyl groups excluding tert-OH is 7. The van der Waals surface area contributed by atoms with Crippen LogP contribution in [-0.4, -0.2) is 92.1 Å². The van der Waals surface area contributed by atoms with Gasteiger partial charge in [-0.3, -0.25) is 4.79 Å². The van der Waals surface area contributed by atoms with Gasteiger partial charge in [-0.2, -0.15) is 0 Å². The third-order valence-electron chi connectivity index (χ3n) is 2.22. The molecule has 0 amide bonds. The lowest BCUT2D eigenvalue weighted by Crippen LogP contribution is -2.58. The van der Waals surface area contributed by atoms with Gasteiger partial charge < -0.3 is 40.5 Å². The van der Waals surface area contributed by atoms with Crippen LogP contribution in [0.1, 0.15) is 0 Å². The van der Waals surface area contributed by atoms with Crippen molar-refractivity contribution in [2.24, 2.45) is 0 Å². The fourth-order valence-electron chi connectivity index (χ4n) is 1.13. The summed E-state index contributed by atoms with van der Waals surface area (Å²) in [4.78, 5) is 9.68. The normalized spacial score (nSPS) is 35.6. The van der Waals surface area contributed by atoms with Crippen LogP contribution in [0.15, 0.2) is 0 Å². The van der Waals surface area contributed by atoms with Crippen LogP contribution in [0.3, 0.4) is 0 Å². The summed E-state index contributed by atoms with van der Waals surface area (Å²) in [7, 11) is 0. The predicted octanol–water partition coefficient (Wildman–Crippen LogP) is -4.68. The minimum Gasteiger partial charge on any atom is -0.394 e. The van der Waals surface area contributed by atoms with Crippen molar-refractivity contribution < 1.29 is 45.3 Å². The number of ether oxygens (including phenoxy) is 1. The van der Waals surface area contributed by atoms with Crippen LogP contribution in [0.2, 0.25) is 0 Å². The molecular formula is C9H18O9. The Labute approximate surface area is 102 Å². The Morgan fingerprint density at radius 1 is 0.889 bits per heavy atom. The molecule has 0 bridgehead atoms. The molecule has 7 N–H and O–H groups in total.